The number of carbonyl (C=O) groups is 2. The molecule has 2 rings (SSSR count). The molecule has 0 radical (unpaired) electrons. The Kier molecular flexibility index (Phi) is 3.13. The molecule has 2 atom stereocenters. The summed E-state index contributed by atoms with van der Waals surface area (Å²) < 4.78 is 0. The van der Waals surface area contributed by atoms with Crippen LogP contribution in [0.3, 0.4) is 0 Å². The molecule has 0 heterocycles. The highest BCUT2D eigenvalue weighted by Crippen LogP contribution is 2.39. The summed E-state index contributed by atoms with van der Waals surface area (Å²) in [5.74, 6) is -1.93. The number of carbonyl (C=O) groups excluding carboxylic acids is 1. The van der Waals surface area contributed by atoms with Crippen LogP contribution >= 0.6 is 0 Å². The van der Waals surface area contributed by atoms with E-state index in [9.17, 15) is 9.59 Å². The van der Waals surface area contributed by atoms with Gasteiger partial charge in [0, 0.05) is 5.69 Å². The molecule has 0 bridgehead atoms. The summed E-state index contributed by atoms with van der Waals surface area (Å²) in [6, 6.07) is 7.60. The molecule has 0 aliphatic heterocycles. The fraction of sp³-hybridized carbons (Fsp3) is 0.385. The van der Waals surface area contributed by atoms with Crippen LogP contribution in [0, 0.1) is 11.8 Å². The number of amides is 1. The molecular weight excluding hydrogens is 218 g/mol. The Labute approximate surface area is 99.6 Å². The molecule has 1 aliphatic rings. The molecule has 1 aliphatic carbocycles. The second-order valence-electron chi connectivity index (χ2n) is 4.33. The standard InChI is InChI=1S/C13H15NO3/c1-2-8-3-5-9(6-4-8)14-12(15)10-7-11(10)13(16)17/h3-6,10-11H,2,7H2,1H3,(H,14,15)(H,16,17). The van der Waals surface area contributed by atoms with Crippen LogP contribution < -0.4 is 5.32 Å². The van der Waals surface area contributed by atoms with Crippen LogP contribution in [0.1, 0.15) is 18.9 Å². The molecule has 4 heteroatoms. The monoisotopic (exact) mass is 233 g/mol. The summed E-state index contributed by atoms with van der Waals surface area (Å²) >= 11 is 0. The van der Waals surface area contributed by atoms with E-state index in [2.05, 4.69) is 12.2 Å². The third-order valence-corrected chi connectivity index (χ3v) is 3.07. The Morgan fingerprint density at radius 3 is 2.41 bits per heavy atom. The summed E-state index contributed by atoms with van der Waals surface area (Å²) in [5.41, 5.74) is 1.93. The van der Waals surface area contributed by atoms with Gasteiger partial charge < -0.3 is 10.4 Å². The van der Waals surface area contributed by atoms with E-state index in [4.69, 9.17) is 5.11 Å². The van der Waals surface area contributed by atoms with Crippen molar-refractivity contribution in [3.05, 3.63) is 29.8 Å². The smallest absolute Gasteiger partial charge is 0.307 e. The average molecular weight is 233 g/mol. The van der Waals surface area contributed by atoms with Crippen molar-refractivity contribution in [3.63, 3.8) is 0 Å². The lowest BCUT2D eigenvalue weighted by Crippen LogP contribution is -2.16. The van der Waals surface area contributed by atoms with Gasteiger partial charge in [0.05, 0.1) is 11.8 Å². The van der Waals surface area contributed by atoms with Crippen molar-refractivity contribution >= 4 is 17.6 Å². The lowest BCUT2D eigenvalue weighted by molar-refractivity contribution is -0.139. The minimum atomic E-state index is -0.883. The minimum Gasteiger partial charge on any atom is -0.481 e. The van der Waals surface area contributed by atoms with E-state index in [1.165, 1.54) is 5.56 Å². The first-order chi connectivity index (χ1) is 8.11. The zero-order valence-corrected chi connectivity index (χ0v) is 9.64. The maximum absolute atomic E-state index is 11.7. The van der Waals surface area contributed by atoms with Crippen LogP contribution in [0.25, 0.3) is 0 Å². The Bertz CT molecular complexity index is 438. The lowest BCUT2D eigenvalue weighted by Gasteiger charge is -2.05. The molecule has 1 amide bonds. The van der Waals surface area contributed by atoms with Gasteiger partial charge in [0.2, 0.25) is 5.91 Å². The van der Waals surface area contributed by atoms with Gasteiger partial charge in [-0.1, -0.05) is 19.1 Å². The quantitative estimate of drug-likeness (QED) is 0.834. The molecule has 0 saturated heterocycles. The number of benzene rings is 1. The molecule has 90 valence electrons. The van der Waals surface area contributed by atoms with Gasteiger partial charge in [-0.05, 0) is 30.5 Å². The number of nitrogens with one attached hydrogen (secondary N) is 1. The molecule has 0 spiro atoms. The van der Waals surface area contributed by atoms with Crippen molar-refractivity contribution in [1.82, 2.24) is 0 Å². The van der Waals surface area contributed by atoms with Gasteiger partial charge >= 0.3 is 5.97 Å². The van der Waals surface area contributed by atoms with E-state index < -0.39 is 11.9 Å². The van der Waals surface area contributed by atoms with Crippen molar-refractivity contribution in [1.29, 1.82) is 0 Å². The highest BCUT2D eigenvalue weighted by atomic mass is 16.4. The van der Waals surface area contributed by atoms with E-state index in [1.54, 1.807) is 0 Å². The summed E-state index contributed by atoms with van der Waals surface area (Å²) in [6.45, 7) is 2.06. The Morgan fingerprint density at radius 2 is 1.94 bits per heavy atom. The van der Waals surface area contributed by atoms with Crippen LogP contribution in [-0.4, -0.2) is 17.0 Å². The van der Waals surface area contributed by atoms with E-state index in [0.29, 0.717) is 6.42 Å². The first-order valence-corrected chi connectivity index (χ1v) is 5.74. The van der Waals surface area contributed by atoms with Crippen LogP contribution in [-0.2, 0) is 16.0 Å². The second-order valence-corrected chi connectivity index (χ2v) is 4.33. The normalized spacial score (nSPS) is 21.9. The molecule has 0 aromatic heterocycles. The molecule has 1 saturated carbocycles. The zero-order valence-electron chi connectivity index (χ0n) is 9.64. The number of carboxylic acids is 1. The van der Waals surface area contributed by atoms with Gasteiger partial charge in [0.15, 0.2) is 0 Å². The zero-order chi connectivity index (χ0) is 12.4. The van der Waals surface area contributed by atoms with Crippen molar-refractivity contribution < 1.29 is 14.7 Å². The molecule has 17 heavy (non-hydrogen) atoms. The molecular formula is C13H15NO3. The lowest BCUT2D eigenvalue weighted by atomic mass is 10.1. The van der Waals surface area contributed by atoms with E-state index in [0.717, 1.165) is 12.1 Å². The van der Waals surface area contributed by atoms with Crippen LogP contribution in [0.5, 0.6) is 0 Å². The molecule has 4 nitrogen and oxygen atoms in total. The fourth-order valence-corrected chi connectivity index (χ4v) is 1.82. The van der Waals surface area contributed by atoms with Gasteiger partial charge in [0.1, 0.15) is 0 Å². The topological polar surface area (TPSA) is 66.4 Å². The first kappa shape index (κ1) is 11.6. The molecule has 2 N–H and O–H groups in total. The Morgan fingerprint density at radius 1 is 1.29 bits per heavy atom. The van der Waals surface area contributed by atoms with Crippen molar-refractivity contribution in [3.8, 4) is 0 Å². The Hall–Kier alpha value is -1.84. The maximum atomic E-state index is 11.7. The summed E-state index contributed by atoms with van der Waals surface area (Å²) in [5, 5.41) is 11.5. The van der Waals surface area contributed by atoms with Crippen LogP contribution in [0.4, 0.5) is 5.69 Å². The number of rotatable bonds is 4. The van der Waals surface area contributed by atoms with Gasteiger partial charge in [-0.25, -0.2) is 0 Å². The minimum absolute atomic E-state index is 0.193. The maximum Gasteiger partial charge on any atom is 0.307 e. The average Bonchev–Trinajstić information content (AvgIpc) is 3.10. The van der Waals surface area contributed by atoms with E-state index in [-0.39, 0.29) is 11.8 Å². The van der Waals surface area contributed by atoms with Gasteiger partial charge in [-0.2, -0.15) is 0 Å². The number of anilines is 1. The third kappa shape index (κ3) is 2.64. The Balaban J connectivity index is 1.93. The van der Waals surface area contributed by atoms with Crippen LogP contribution in [0.2, 0.25) is 0 Å². The van der Waals surface area contributed by atoms with Crippen LogP contribution in [0.15, 0.2) is 24.3 Å². The second kappa shape index (κ2) is 4.57. The highest BCUT2D eigenvalue weighted by Gasteiger charge is 2.48. The molecule has 1 fully saturated rings. The van der Waals surface area contributed by atoms with Crippen molar-refractivity contribution in [2.75, 3.05) is 5.32 Å². The highest BCUT2D eigenvalue weighted by molar-refractivity contribution is 5.98. The van der Waals surface area contributed by atoms with Gasteiger partial charge in [-0.3, -0.25) is 9.59 Å². The summed E-state index contributed by atoms with van der Waals surface area (Å²) in [6.07, 6.45) is 1.41. The number of hydrogen-bond donors (Lipinski definition) is 2. The number of hydrogen-bond acceptors (Lipinski definition) is 2. The van der Waals surface area contributed by atoms with E-state index >= 15 is 0 Å². The third-order valence-electron chi connectivity index (χ3n) is 3.07. The molecule has 1 aromatic rings. The number of carboxylic acid groups (broad SMARTS) is 1. The fourth-order valence-electron chi connectivity index (χ4n) is 1.82. The molecule has 2 unspecified atom stereocenters. The summed E-state index contributed by atoms with van der Waals surface area (Å²) in [4.78, 5) is 22.3. The molecule has 1 aromatic carbocycles. The number of aryl methyl sites for hydroxylation is 1. The number of aliphatic carboxylic acids is 1. The van der Waals surface area contributed by atoms with Crippen molar-refractivity contribution in [2.45, 2.75) is 19.8 Å². The van der Waals surface area contributed by atoms with Crippen molar-refractivity contribution in [2.24, 2.45) is 11.8 Å². The predicted molar refractivity (Wildman–Crippen MR) is 63.7 cm³/mol. The first-order valence-electron chi connectivity index (χ1n) is 5.74. The predicted octanol–water partition coefficient (Wildman–Crippen LogP) is 1.91. The SMILES string of the molecule is CCc1ccc(NC(=O)C2CC2C(=O)O)cc1. The summed E-state index contributed by atoms with van der Waals surface area (Å²) in [7, 11) is 0. The van der Waals surface area contributed by atoms with Gasteiger partial charge in [0.25, 0.3) is 0 Å². The van der Waals surface area contributed by atoms with Gasteiger partial charge in [-0.15, -0.1) is 0 Å². The largest absolute Gasteiger partial charge is 0.481 e. The van der Waals surface area contributed by atoms with E-state index in [1.807, 2.05) is 24.3 Å².